The van der Waals surface area contributed by atoms with E-state index in [4.69, 9.17) is 28.9 Å². The SMILES string of the molecule is NC1CCCCC1C(=O)Nc1c(Cl)ncnc1Cl. The van der Waals surface area contributed by atoms with Crippen LogP contribution in [0.1, 0.15) is 25.7 Å². The zero-order valence-corrected chi connectivity index (χ0v) is 11.2. The summed E-state index contributed by atoms with van der Waals surface area (Å²) in [6.07, 6.45) is 4.98. The van der Waals surface area contributed by atoms with E-state index >= 15 is 0 Å². The summed E-state index contributed by atoms with van der Waals surface area (Å²) >= 11 is 11.7. The number of carbonyl (C=O) groups excluding carboxylic acids is 1. The normalized spacial score (nSPS) is 23.7. The van der Waals surface area contributed by atoms with Crippen molar-refractivity contribution in [1.29, 1.82) is 0 Å². The monoisotopic (exact) mass is 288 g/mol. The third-order valence-corrected chi connectivity index (χ3v) is 3.73. The lowest BCUT2D eigenvalue weighted by molar-refractivity contribution is -0.121. The number of carbonyl (C=O) groups is 1. The molecule has 2 unspecified atom stereocenters. The van der Waals surface area contributed by atoms with Gasteiger partial charge in [-0.1, -0.05) is 36.0 Å². The molecule has 2 atom stereocenters. The quantitative estimate of drug-likeness (QED) is 0.818. The van der Waals surface area contributed by atoms with E-state index in [9.17, 15) is 4.79 Å². The molecule has 0 radical (unpaired) electrons. The van der Waals surface area contributed by atoms with Gasteiger partial charge in [0.15, 0.2) is 10.3 Å². The van der Waals surface area contributed by atoms with Crippen LogP contribution in [0.5, 0.6) is 0 Å². The molecule has 5 nitrogen and oxygen atoms in total. The topological polar surface area (TPSA) is 80.9 Å². The average Bonchev–Trinajstić information content (AvgIpc) is 2.34. The van der Waals surface area contributed by atoms with E-state index in [1.807, 2.05) is 0 Å². The molecule has 1 fully saturated rings. The molecule has 0 aromatic carbocycles. The highest BCUT2D eigenvalue weighted by molar-refractivity contribution is 6.38. The Morgan fingerprint density at radius 2 is 1.89 bits per heavy atom. The standard InChI is InChI=1S/C11H14Cl2N4O/c12-9-8(10(13)16-5-15-9)17-11(18)6-3-1-2-4-7(6)14/h5-7H,1-4,14H2,(H,17,18). The molecule has 2 rings (SSSR count). The van der Waals surface area contributed by atoms with Crippen LogP contribution in [0.15, 0.2) is 6.33 Å². The fourth-order valence-corrected chi connectivity index (χ4v) is 2.56. The van der Waals surface area contributed by atoms with Crippen molar-refractivity contribution in [3.8, 4) is 0 Å². The van der Waals surface area contributed by atoms with Crippen LogP contribution in [0.25, 0.3) is 0 Å². The molecule has 7 heteroatoms. The van der Waals surface area contributed by atoms with Gasteiger partial charge in [-0.05, 0) is 12.8 Å². The third-order valence-electron chi connectivity index (χ3n) is 3.16. The summed E-state index contributed by atoms with van der Waals surface area (Å²) in [6.45, 7) is 0. The maximum Gasteiger partial charge on any atom is 0.229 e. The number of rotatable bonds is 2. The van der Waals surface area contributed by atoms with Gasteiger partial charge >= 0.3 is 0 Å². The van der Waals surface area contributed by atoms with Crippen LogP contribution in [-0.4, -0.2) is 21.9 Å². The van der Waals surface area contributed by atoms with Crippen LogP contribution >= 0.6 is 23.2 Å². The summed E-state index contributed by atoms with van der Waals surface area (Å²) in [5.74, 6) is -0.369. The first-order valence-electron chi connectivity index (χ1n) is 5.82. The van der Waals surface area contributed by atoms with Crippen LogP contribution in [-0.2, 0) is 4.79 Å². The molecule has 1 saturated carbocycles. The van der Waals surface area contributed by atoms with Crippen molar-refractivity contribution in [2.45, 2.75) is 31.7 Å². The van der Waals surface area contributed by atoms with Crippen molar-refractivity contribution in [1.82, 2.24) is 9.97 Å². The van der Waals surface area contributed by atoms with Gasteiger partial charge in [-0.15, -0.1) is 0 Å². The molecule has 0 bridgehead atoms. The van der Waals surface area contributed by atoms with E-state index < -0.39 is 0 Å². The highest BCUT2D eigenvalue weighted by Crippen LogP contribution is 2.29. The van der Waals surface area contributed by atoms with Gasteiger partial charge < -0.3 is 11.1 Å². The van der Waals surface area contributed by atoms with Gasteiger partial charge in [0.1, 0.15) is 12.0 Å². The minimum Gasteiger partial charge on any atom is -0.327 e. The molecule has 0 spiro atoms. The predicted molar refractivity (Wildman–Crippen MR) is 70.6 cm³/mol. The number of hydrogen-bond acceptors (Lipinski definition) is 4. The van der Waals surface area contributed by atoms with E-state index in [0.29, 0.717) is 0 Å². The Balaban J connectivity index is 2.11. The first-order valence-corrected chi connectivity index (χ1v) is 6.57. The second-order valence-corrected chi connectivity index (χ2v) is 5.09. The molecule has 1 aromatic rings. The Morgan fingerprint density at radius 1 is 1.28 bits per heavy atom. The molecule has 1 aromatic heterocycles. The first-order chi connectivity index (χ1) is 8.59. The number of halogens is 2. The number of nitrogens with one attached hydrogen (secondary N) is 1. The molecular formula is C11H14Cl2N4O. The molecule has 1 aliphatic carbocycles. The van der Waals surface area contributed by atoms with E-state index in [1.54, 1.807) is 0 Å². The van der Waals surface area contributed by atoms with Crippen LogP contribution in [0.2, 0.25) is 10.3 Å². The Morgan fingerprint density at radius 3 is 2.50 bits per heavy atom. The molecule has 1 heterocycles. The Bertz CT molecular complexity index is 434. The summed E-state index contributed by atoms with van der Waals surface area (Å²) < 4.78 is 0. The Labute approximate surface area is 115 Å². The first kappa shape index (κ1) is 13.5. The van der Waals surface area contributed by atoms with Crippen molar-refractivity contribution < 1.29 is 4.79 Å². The third kappa shape index (κ3) is 2.91. The van der Waals surface area contributed by atoms with Crippen LogP contribution in [0.4, 0.5) is 5.69 Å². The van der Waals surface area contributed by atoms with Crippen molar-refractivity contribution in [3.05, 3.63) is 16.6 Å². The molecular weight excluding hydrogens is 275 g/mol. The van der Waals surface area contributed by atoms with Crippen molar-refractivity contribution in [3.63, 3.8) is 0 Å². The lowest BCUT2D eigenvalue weighted by atomic mass is 9.84. The highest BCUT2D eigenvalue weighted by atomic mass is 35.5. The summed E-state index contributed by atoms with van der Waals surface area (Å²) in [5, 5.41) is 2.94. The van der Waals surface area contributed by atoms with Crippen molar-refractivity contribution in [2.75, 3.05) is 5.32 Å². The molecule has 0 saturated heterocycles. The van der Waals surface area contributed by atoms with Crippen molar-refractivity contribution in [2.24, 2.45) is 11.7 Å². The maximum absolute atomic E-state index is 12.1. The van der Waals surface area contributed by atoms with E-state index in [-0.39, 0.29) is 33.9 Å². The number of nitrogens with two attached hydrogens (primary N) is 1. The van der Waals surface area contributed by atoms with E-state index in [0.717, 1.165) is 25.7 Å². The minimum atomic E-state index is -0.203. The molecule has 1 amide bonds. The van der Waals surface area contributed by atoms with Gasteiger partial charge in [-0.2, -0.15) is 0 Å². The molecule has 1 aliphatic rings. The fraction of sp³-hybridized carbons (Fsp3) is 0.545. The Kier molecular flexibility index (Phi) is 4.37. The molecule has 3 N–H and O–H groups in total. The van der Waals surface area contributed by atoms with Crippen LogP contribution < -0.4 is 11.1 Å². The number of nitrogens with zero attached hydrogens (tertiary/aromatic N) is 2. The minimum absolute atomic E-state index is 0.110. The summed E-state index contributed by atoms with van der Waals surface area (Å²) in [6, 6.07) is -0.110. The lowest BCUT2D eigenvalue weighted by Crippen LogP contribution is -2.40. The predicted octanol–water partition coefficient (Wildman–Crippen LogP) is 2.24. The van der Waals surface area contributed by atoms with Gasteiger partial charge in [-0.25, -0.2) is 9.97 Å². The average molecular weight is 289 g/mol. The van der Waals surface area contributed by atoms with Gasteiger partial charge in [-0.3, -0.25) is 4.79 Å². The number of amides is 1. The number of hydrogen-bond donors (Lipinski definition) is 2. The van der Waals surface area contributed by atoms with Gasteiger partial charge in [0.25, 0.3) is 0 Å². The molecule has 18 heavy (non-hydrogen) atoms. The zero-order valence-electron chi connectivity index (χ0n) is 9.70. The molecule has 98 valence electrons. The second kappa shape index (κ2) is 5.82. The number of aromatic nitrogens is 2. The summed E-state index contributed by atoms with van der Waals surface area (Å²) in [4.78, 5) is 19.7. The smallest absolute Gasteiger partial charge is 0.229 e. The van der Waals surface area contributed by atoms with E-state index in [1.165, 1.54) is 6.33 Å². The summed E-state index contributed by atoms with van der Waals surface area (Å²) in [5.41, 5.74) is 6.20. The van der Waals surface area contributed by atoms with Gasteiger partial charge in [0.2, 0.25) is 5.91 Å². The van der Waals surface area contributed by atoms with E-state index in [2.05, 4.69) is 15.3 Å². The second-order valence-electron chi connectivity index (χ2n) is 4.37. The summed E-state index contributed by atoms with van der Waals surface area (Å²) in [7, 11) is 0. The number of anilines is 1. The highest BCUT2D eigenvalue weighted by Gasteiger charge is 2.29. The Hall–Kier alpha value is -0.910. The lowest BCUT2D eigenvalue weighted by Gasteiger charge is -2.27. The zero-order chi connectivity index (χ0) is 13.1. The maximum atomic E-state index is 12.1. The van der Waals surface area contributed by atoms with Crippen molar-refractivity contribution >= 4 is 34.8 Å². The van der Waals surface area contributed by atoms with Crippen LogP contribution in [0.3, 0.4) is 0 Å². The largest absolute Gasteiger partial charge is 0.327 e. The fourth-order valence-electron chi connectivity index (χ4n) is 2.15. The van der Waals surface area contributed by atoms with Crippen LogP contribution in [0, 0.1) is 5.92 Å². The molecule has 0 aliphatic heterocycles. The van der Waals surface area contributed by atoms with Gasteiger partial charge in [0, 0.05) is 6.04 Å². The van der Waals surface area contributed by atoms with Gasteiger partial charge in [0.05, 0.1) is 5.92 Å².